The van der Waals surface area contributed by atoms with E-state index >= 15 is 0 Å². The highest BCUT2D eigenvalue weighted by Gasteiger charge is 2.50. The average molecular weight is 230 g/mol. The predicted octanol–water partition coefficient (Wildman–Crippen LogP) is 3.23. The lowest BCUT2D eigenvalue weighted by Gasteiger charge is -2.13. The molecule has 0 aromatic heterocycles. The van der Waals surface area contributed by atoms with Gasteiger partial charge in [0.1, 0.15) is 0 Å². The van der Waals surface area contributed by atoms with E-state index in [4.69, 9.17) is 28.9 Å². The molecule has 0 heterocycles. The second-order valence-corrected chi connectivity index (χ2v) is 5.02. The van der Waals surface area contributed by atoms with E-state index in [2.05, 4.69) is 6.92 Å². The Bertz CT molecular complexity index is 364. The van der Waals surface area contributed by atoms with Gasteiger partial charge >= 0.3 is 0 Å². The zero-order valence-electron chi connectivity index (χ0n) is 8.06. The van der Waals surface area contributed by atoms with Crippen LogP contribution in [0.2, 0.25) is 10.0 Å². The summed E-state index contributed by atoms with van der Waals surface area (Å²) in [5.74, 6) is 0.571. The van der Waals surface area contributed by atoms with Crippen molar-refractivity contribution in [2.45, 2.75) is 18.8 Å². The van der Waals surface area contributed by atoms with Gasteiger partial charge < -0.3 is 5.73 Å². The Hall–Kier alpha value is -0.240. The second-order valence-electron chi connectivity index (χ2n) is 4.18. The number of rotatable bonds is 2. The SMILES string of the molecule is CC1(c2ccc(Cl)cc2Cl)CC1CN. The molecule has 0 spiro atoms. The first-order chi connectivity index (χ1) is 6.58. The van der Waals surface area contributed by atoms with Crippen LogP contribution >= 0.6 is 23.2 Å². The summed E-state index contributed by atoms with van der Waals surface area (Å²) in [7, 11) is 0. The quantitative estimate of drug-likeness (QED) is 0.829. The molecule has 0 radical (unpaired) electrons. The van der Waals surface area contributed by atoms with Crippen molar-refractivity contribution in [2.24, 2.45) is 11.7 Å². The van der Waals surface area contributed by atoms with Crippen molar-refractivity contribution in [1.82, 2.24) is 0 Å². The van der Waals surface area contributed by atoms with Crippen LogP contribution in [-0.2, 0) is 5.41 Å². The van der Waals surface area contributed by atoms with E-state index in [1.54, 1.807) is 6.07 Å². The number of benzene rings is 1. The third-order valence-electron chi connectivity index (χ3n) is 3.24. The number of hydrogen-bond donors (Lipinski definition) is 1. The minimum absolute atomic E-state index is 0.177. The largest absolute Gasteiger partial charge is 0.330 e. The average Bonchev–Trinajstić information content (AvgIpc) is 2.77. The topological polar surface area (TPSA) is 26.0 Å². The molecule has 3 heteroatoms. The minimum atomic E-state index is 0.177. The normalized spacial score (nSPS) is 30.4. The third kappa shape index (κ3) is 1.54. The Morgan fingerprint density at radius 1 is 1.50 bits per heavy atom. The Morgan fingerprint density at radius 2 is 2.21 bits per heavy atom. The Labute approximate surface area is 94.2 Å². The van der Waals surface area contributed by atoms with E-state index in [0.29, 0.717) is 10.9 Å². The molecule has 1 aliphatic carbocycles. The van der Waals surface area contributed by atoms with Gasteiger partial charge in [0.05, 0.1) is 0 Å². The second kappa shape index (κ2) is 3.41. The van der Waals surface area contributed by atoms with E-state index in [0.717, 1.165) is 18.0 Å². The maximum Gasteiger partial charge on any atom is 0.0458 e. The van der Waals surface area contributed by atoms with E-state index in [-0.39, 0.29) is 5.41 Å². The van der Waals surface area contributed by atoms with Gasteiger partial charge in [-0.2, -0.15) is 0 Å². The molecule has 2 unspecified atom stereocenters. The maximum absolute atomic E-state index is 6.15. The lowest BCUT2D eigenvalue weighted by atomic mass is 9.95. The molecular formula is C11H13Cl2N. The minimum Gasteiger partial charge on any atom is -0.330 e. The monoisotopic (exact) mass is 229 g/mol. The predicted molar refractivity (Wildman–Crippen MR) is 61.0 cm³/mol. The summed E-state index contributed by atoms with van der Waals surface area (Å²) in [6, 6.07) is 5.70. The number of hydrogen-bond acceptors (Lipinski definition) is 1. The molecule has 2 rings (SSSR count). The van der Waals surface area contributed by atoms with Crippen LogP contribution in [0.4, 0.5) is 0 Å². The summed E-state index contributed by atoms with van der Waals surface area (Å²) in [6.45, 7) is 2.94. The summed E-state index contributed by atoms with van der Waals surface area (Å²) in [5.41, 5.74) is 7.01. The Balaban J connectivity index is 2.34. The van der Waals surface area contributed by atoms with Gasteiger partial charge in [-0.05, 0) is 42.0 Å². The summed E-state index contributed by atoms with van der Waals surface area (Å²) in [4.78, 5) is 0. The highest BCUT2D eigenvalue weighted by atomic mass is 35.5. The first kappa shape index (κ1) is 10.3. The molecule has 0 saturated heterocycles. The van der Waals surface area contributed by atoms with Crippen LogP contribution in [0, 0.1) is 5.92 Å². The smallest absolute Gasteiger partial charge is 0.0458 e. The molecule has 0 aliphatic heterocycles. The van der Waals surface area contributed by atoms with Crippen LogP contribution in [0.25, 0.3) is 0 Å². The zero-order chi connectivity index (χ0) is 10.3. The van der Waals surface area contributed by atoms with E-state index < -0.39 is 0 Å². The van der Waals surface area contributed by atoms with Crippen molar-refractivity contribution in [3.05, 3.63) is 33.8 Å². The highest BCUT2D eigenvalue weighted by molar-refractivity contribution is 6.35. The van der Waals surface area contributed by atoms with Gasteiger partial charge in [-0.15, -0.1) is 0 Å². The van der Waals surface area contributed by atoms with Crippen LogP contribution < -0.4 is 5.73 Å². The van der Waals surface area contributed by atoms with Crippen molar-refractivity contribution < 1.29 is 0 Å². The fraction of sp³-hybridized carbons (Fsp3) is 0.455. The van der Waals surface area contributed by atoms with Crippen molar-refractivity contribution in [2.75, 3.05) is 6.54 Å². The van der Waals surface area contributed by atoms with Gasteiger partial charge in [-0.25, -0.2) is 0 Å². The standard InChI is InChI=1S/C11H13Cl2N/c1-11(5-7(11)6-14)9-3-2-8(12)4-10(9)13/h2-4,7H,5-6,14H2,1H3. The molecule has 76 valence electrons. The van der Waals surface area contributed by atoms with Gasteiger partial charge in [0, 0.05) is 10.0 Å². The highest BCUT2D eigenvalue weighted by Crippen LogP contribution is 2.55. The summed E-state index contributed by atoms with van der Waals surface area (Å²) >= 11 is 12.0. The van der Waals surface area contributed by atoms with Gasteiger partial charge in [0.2, 0.25) is 0 Å². The summed E-state index contributed by atoms with van der Waals surface area (Å²) in [5, 5.41) is 1.45. The van der Waals surface area contributed by atoms with Crippen molar-refractivity contribution in [1.29, 1.82) is 0 Å². The van der Waals surface area contributed by atoms with Crippen LogP contribution in [0.1, 0.15) is 18.9 Å². The molecule has 0 amide bonds. The lowest BCUT2D eigenvalue weighted by molar-refractivity contribution is 0.666. The van der Waals surface area contributed by atoms with Crippen LogP contribution in [-0.4, -0.2) is 6.54 Å². The molecule has 0 bridgehead atoms. The van der Waals surface area contributed by atoms with Crippen molar-refractivity contribution in [3.63, 3.8) is 0 Å². The van der Waals surface area contributed by atoms with E-state index in [1.165, 1.54) is 5.56 Å². The molecule has 1 fully saturated rings. The van der Waals surface area contributed by atoms with Crippen LogP contribution in [0.5, 0.6) is 0 Å². The van der Waals surface area contributed by atoms with Crippen LogP contribution in [0.3, 0.4) is 0 Å². The molecule has 1 saturated carbocycles. The lowest BCUT2D eigenvalue weighted by Crippen LogP contribution is -2.12. The van der Waals surface area contributed by atoms with E-state index in [1.807, 2.05) is 12.1 Å². The fourth-order valence-corrected chi connectivity index (χ4v) is 2.70. The van der Waals surface area contributed by atoms with Gasteiger partial charge in [0.25, 0.3) is 0 Å². The molecule has 1 nitrogen and oxygen atoms in total. The van der Waals surface area contributed by atoms with Crippen LogP contribution in [0.15, 0.2) is 18.2 Å². The molecule has 1 aromatic rings. The Morgan fingerprint density at radius 3 is 2.71 bits per heavy atom. The molecule has 2 atom stereocenters. The van der Waals surface area contributed by atoms with E-state index in [9.17, 15) is 0 Å². The van der Waals surface area contributed by atoms with Crippen molar-refractivity contribution >= 4 is 23.2 Å². The number of halogens is 2. The molecular weight excluding hydrogens is 217 g/mol. The van der Waals surface area contributed by atoms with Gasteiger partial charge in [-0.1, -0.05) is 36.2 Å². The third-order valence-corrected chi connectivity index (χ3v) is 3.79. The summed E-state index contributed by atoms with van der Waals surface area (Å²) in [6.07, 6.45) is 1.13. The first-order valence-corrected chi connectivity index (χ1v) is 5.49. The molecule has 2 N–H and O–H groups in total. The van der Waals surface area contributed by atoms with Gasteiger partial charge in [0.15, 0.2) is 0 Å². The van der Waals surface area contributed by atoms with Crippen molar-refractivity contribution in [3.8, 4) is 0 Å². The first-order valence-electron chi connectivity index (χ1n) is 4.73. The maximum atomic E-state index is 6.15. The molecule has 1 aliphatic rings. The Kier molecular flexibility index (Phi) is 2.50. The molecule has 14 heavy (non-hydrogen) atoms. The van der Waals surface area contributed by atoms with Gasteiger partial charge in [-0.3, -0.25) is 0 Å². The summed E-state index contributed by atoms with van der Waals surface area (Å²) < 4.78 is 0. The number of nitrogens with two attached hydrogens (primary N) is 1. The zero-order valence-corrected chi connectivity index (χ0v) is 9.57. The fourth-order valence-electron chi connectivity index (χ4n) is 2.08. The molecule has 1 aromatic carbocycles.